The highest BCUT2D eigenvalue weighted by Gasteiger charge is 2.60. The molecule has 4 rings (SSSR count). The fourth-order valence-corrected chi connectivity index (χ4v) is 6.49. The molecule has 1 saturated carbocycles. The Kier molecular flexibility index (Phi) is 6.30. The summed E-state index contributed by atoms with van der Waals surface area (Å²) >= 11 is 12.3. The van der Waals surface area contributed by atoms with Gasteiger partial charge in [0, 0.05) is 22.0 Å². The Labute approximate surface area is 199 Å². The van der Waals surface area contributed by atoms with Gasteiger partial charge >= 0.3 is 5.97 Å². The zero-order chi connectivity index (χ0) is 23.1. The van der Waals surface area contributed by atoms with E-state index < -0.39 is 16.9 Å². The van der Waals surface area contributed by atoms with Crippen LogP contribution < -0.4 is 5.32 Å². The number of esters is 1. The monoisotopic (exact) mass is 473 g/mol. The highest BCUT2D eigenvalue weighted by atomic mass is 35.5. The number of halogens is 2. The first kappa shape index (κ1) is 23.1. The first-order chi connectivity index (χ1) is 15.1. The lowest BCUT2D eigenvalue weighted by molar-refractivity contribution is -0.198. The van der Waals surface area contributed by atoms with Gasteiger partial charge < -0.3 is 10.1 Å². The Hall–Kier alpha value is -2.04. The van der Waals surface area contributed by atoms with Crippen molar-refractivity contribution in [1.82, 2.24) is 5.32 Å². The Balaban J connectivity index is 1.71. The zero-order valence-electron chi connectivity index (χ0n) is 18.5. The van der Waals surface area contributed by atoms with Crippen molar-refractivity contribution >= 4 is 35.1 Å². The molecule has 170 valence electrons. The van der Waals surface area contributed by atoms with E-state index in [4.69, 9.17) is 27.9 Å². The Morgan fingerprint density at radius 3 is 2.72 bits per heavy atom. The molecule has 2 bridgehead atoms. The molecule has 1 saturated heterocycles. The minimum Gasteiger partial charge on any atom is -0.459 e. The van der Waals surface area contributed by atoms with Gasteiger partial charge in [-0.2, -0.15) is 0 Å². The van der Waals surface area contributed by atoms with Crippen molar-refractivity contribution in [2.75, 3.05) is 0 Å². The largest absolute Gasteiger partial charge is 0.459 e. The molecule has 1 aliphatic heterocycles. The number of benzene rings is 1. The summed E-state index contributed by atoms with van der Waals surface area (Å²) in [6.45, 7) is 8.62. The number of carbonyl (C=O) groups excluding carboxylic acids is 2. The number of fused-ring (bicyclic) bond motifs is 1. The van der Waals surface area contributed by atoms with Gasteiger partial charge in [-0.3, -0.25) is 9.59 Å². The molecule has 4 nitrogen and oxygen atoms in total. The highest BCUT2D eigenvalue weighted by molar-refractivity contribution is 6.34. The van der Waals surface area contributed by atoms with Crippen LogP contribution in [-0.4, -0.2) is 17.5 Å². The molecule has 0 aromatic heterocycles. The third-order valence-electron chi connectivity index (χ3n) is 7.36. The van der Waals surface area contributed by atoms with Gasteiger partial charge in [-0.15, -0.1) is 0 Å². The number of carbonyl (C=O) groups is 2. The SMILES string of the molecule is C=C1/C(C)=C\C=C/C[C@@H]2CC[C@@]3(C)C[C@@]2(CC(=O)O3)[C@H]1C(=O)NCc1cc(Cl)cc(Cl)c1. The molecule has 0 unspecified atom stereocenters. The number of hydrogen-bond donors (Lipinski definition) is 1. The fraction of sp³-hybridized carbons (Fsp3) is 0.462. The second-order valence-electron chi connectivity index (χ2n) is 9.71. The molecule has 1 spiro atoms. The molecule has 32 heavy (non-hydrogen) atoms. The smallest absolute Gasteiger partial charge is 0.306 e. The molecule has 1 heterocycles. The van der Waals surface area contributed by atoms with Crippen molar-refractivity contribution in [3.8, 4) is 0 Å². The minimum absolute atomic E-state index is 0.121. The maximum absolute atomic E-state index is 13.8. The van der Waals surface area contributed by atoms with E-state index in [0.717, 1.165) is 36.0 Å². The molecular formula is C26H29Cl2NO3. The molecular weight excluding hydrogens is 445 g/mol. The van der Waals surface area contributed by atoms with Gasteiger partial charge in [0.2, 0.25) is 5.91 Å². The predicted molar refractivity (Wildman–Crippen MR) is 127 cm³/mol. The standard InChI is InChI=1S/C26H29Cl2NO3/c1-16-6-4-5-7-19-8-9-25(3)15-26(19,13-22(30)32-25)23(17(16)2)24(31)29-14-18-10-20(27)12-21(28)11-18/h4-6,10-12,19,23H,2,7-9,13-15H2,1,3H3,(H,29,31)/b5-4-,16-6-/t19-,23-,25+,26-/m1/s1. The van der Waals surface area contributed by atoms with Crippen molar-refractivity contribution in [1.29, 1.82) is 0 Å². The Morgan fingerprint density at radius 1 is 1.28 bits per heavy atom. The van der Waals surface area contributed by atoms with Crippen molar-refractivity contribution in [2.45, 2.75) is 58.1 Å². The lowest BCUT2D eigenvalue weighted by Gasteiger charge is -2.56. The second kappa shape index (κ2) is 8.72. The van der Waals surface area contributed by atoms with Crippen LogP contribution in [0, 0.1) is 17.3 Å². The van der Waals surface area contributed by atoms with E-state index in [2.05, 4.69) is 18.0 Å². The zero-order valence-corrected chi connectivity index (χ0v) is 20.1. The van der Waals surface area contributed by atoms with Crippen LogP contribution in [0.5, 0.6) is 0 Å². The summed E-state index contributed by atoms with van der Waals surface area (Å²) in [6, 6.07) is 5.24. The van der Waals surface area contributed by atoms with Crippen LogP contribution in [0.2, 0.25) is 10.0 Å². The van der Waals surface area contributed by atoms with Gasteiger partial charge in [0.05, 0.1) is 12.3 Å². The lowest BCUT2D eigenvalue weighted by Crippen LogP contribution is -2.58. The van der Waals surface area contributed by atoms with E-state index in [0.29, 0.717) is 23.0 Å². The Morgan fingerprint density at radius 2 is 2.00 bits per heavy atom. The van der Waals surface area contributed by atoms with Crippen LogP contribution in [-0.2, 0) is 20.9 Å². The number of ether oxygens (including phenoxy) is 1. The van der Waals surface area contributed by atoms with Gasteiger partial charge in [-0.1, -0.05) is 48.0 Å². The number of rotatable bonds is 3. The molecule has 1 amide bonds. The van der Waals surface area contributed by atoms with E-state index in [1.165, 1.54) is 0 Å². The summed E-state index contributed by atoms with van der Waals surface area (Å²) in [5, 5.41) is 4.13. The molecule has 6 heteroatoms. The molecule has 1 N–H and O–H groups in total. The van der Waals surface area contributed by atoms with Crippen LogP contribution in [0.15, 0.2) is 54.2 Å². The Bertz CT molecular complexity index is 1010. The first-order valence-electron chi connectivity index (χ1n) is 11.1. The maximum Gasteiger partial charge on any atom is 0.306 e. The van der Waals surface area contributed by atoms with Crippen molar-refractivity contribution in [3.63, 3.8) is 0 Å². The lowest BCUT2D eigenvalue weighted by atomic mass is 9.51. The average molecular weight is 474 g/mol. The predicted octanol–water partition coefficient (Wildman–Crippen LogP) is 6.18. The molecule has 3 aliphatic rings. The first-order valence-corrected chi connectivity index (χ1v) is 11.8. The molecule has 1 aromatic rings. The average Bonchev–Trinajstić information content (AvgIpc) is 2.73. The van der Waals surface area contributed by atoms with Crippen LogP contribution in [0.1, 0.15) is 51.5 Å². The van der Waals surface area contributed by atoms with Crippen LogP contribution >= 0.6 is 23.2 Å². The van der Waals surface area contributed by atoms with Crippen LogP contribution in [0.25, 0.3) is 0 Å². The van der Waals surface area contributed by atoms with Gasteiger partial charge in [0.25, 0.3) is 0 Å². The normalized spacial score (nSPS) is 34.7. The fourth-order valence-electron chi connectivity index (χ4n) is 5.92. The number of nitrogens with one attached hydrogen (secondary N) is 1. The molecule has 2 fully saturated rings. The number of hydrogen-bond acceptors (Lipinski definition) is 3. The third-order valence-corrected chi connectivity index (χ3v) is 7.79. The molecule has 1 aromatic carbocycles. The third kappa shape index (κ3) is 4.40. The van der Waals surface area contributed by atoms with E-state index in [1.807, 2.05) is 26.0 Å². The second-order valence-corrected chi connectivity index (χ2v) is 10.6. The van der Waals surface area contributed by atoms with Gasteiger partial charge in [-0.25, -0.2) is 0 Å². The summed E-state index contributed by atoms with van der Waals surface area (Å²) in [7, 11) is 0. The summed E-state index contributed by atoms with van der Waals surface area (Å²) in [5.74, 6) is -0.664. The summed E-state index contributed by atoms with van der Waals surface area (Å²) in [4.78, 5) is 26.6. The van der Waals surface area contributed by atoms with Crippen molar-refractivity contribution in [3.05, 3.63) is 69.8 Å². The van der Waals surface area contributed by atoms with Crippen LogP contribution in [0.4, 0.5) is 0 Å². The highest BCUT2D eigenvalue weighted by Crippen LogP contribution is 2.59. The quantitative estimate of drug-likeness (QED) is 0.533. The maximum atomic E-state index is 13.8. The van der Waals surface area contributed by atoms with E-state index in [9.17, 15) is 9.59 Å². The van der Waals surface area contributed by atoms with E-state index in [1.54, 1.807) is 18.2 Å². The minimum atomic E-state index is -0.541. The van der Waals surface area contributed by atoms with Gasteiger partial charge in [-0.05, 0) is 80.4 Å². The van der Waals surface area contributed by atoms with Gasteiger partial charge in [0.1, 0.15) is 5.60 Å². The summed E-state index contributed by atoms with van der Waals surface area (Å²) in [5.41, 5.74) is 1.47. The topological polar surface area (TPSA) is 55.4 Å². The summed E-state index contributed by atoms with van der Waals surface area (Å²) < 4.78 is 5.78. The van der Waals surface area contributed by atoms with Crippen LogP contribution in [0.3, 0.4) is 0 Å². The van der Waals surface area contributed by atoms with Crippen molar-refractivity contribution in [2.24, 2.45) is 17.3 Å². The van der Waals surface area contributed by atoms with E-state index >= 15 is 0 Å². The summed E-state index contributed by atoms with van der Waals surface area (Å²) in [6.07, 6.45) is 9.65. The molecule has 4 atom stereocenters. The van der Waals surface area contributed by atoms with Crippen molar-refractivity contribution < 1.29 is 14.3 Å². The van der Waals surface area contributed by atoms with Gasteiger partial charge in [0.15, 0.2) is 0 Å². The number of allylic oxidation sites excluding steroid dienone is 4. The molecule has 2 aliphatic carbocycles. The van der Waals surface area contributed by atoms with E-state index in [-0.39, 0.29) is 24.2 Å². The molecule has 0 radical (unpaired) electrons. The number of amides is 1.